The van der Waals surface area contributed by atoms with E-state index in [0.717, 1.165) is 6.07 Å². The van der Waals surface area contributed by atoms with E-state index >= 15 is 4.39 Å². The number of thioether (sulfide) groups is 1. The standard InChI is InChI=1S/C27H28ClF3N2O3S/c1-36-17-5-6-22-18(15-17)24(19(28)16-32-22)20(29)7-8-27(26(34)35)9-11-33(12-10-27)13-14-37-23-4-2-3-21(30)25(23)31/h2-6,15-16,20H,7-14H2,1H3,(H,34,35)/t20-/m1/s1. The number of piperidine rings is 1. The number of benzene rings is 2. The number of methoxy groups -OCH3 is 1. The highest BCUT2D eigenvalue weighted by atomic mass is 35.5. The molecular weight excluding hydrogens is 525 g/mol. The molecule has 37 heavy (non-hydrogen) atoms. The van der Waals surface area contributed by atoms with Crippen molar-refractivity contribution in [3.63, 3.8) is 0 Å². The van der Waals surface area contributed by atoms with Crippen LogP contribution in [0.4, 0.5) is 13.2 Å². The number of likely N-dealkylation sites (tertiary alicyclic amines) is 1. The van der Waals surface area contributed by atoms with Crippen LogP contribution in [0.15, 0.2) is 47.5 Å². The van der Waals surface area contributed by atoms with Gasteiger partial charge in [-0.2, -0.15) is 0 Å². The van der Waals surface area contributed by atoms with Gasteiger partial charge in [-0.25, -0.2) is 13.2 Å². The monoisotopic (exact) mass is 552 g/mol. The van der Waals surface area contributed by atoms with Crippen LogP contribution in [0.5, 0.6) is 5.75 Å². The fourth-order valence-corrected chi connectivity index (χ4v) is 6.05. The molecule has 1 N–H and O–H groups in total. The number of pyridine rings is 1. The summed E-state index contributed by atoms with van der Waals surface area (Å²) in [5.74, 6) is -1.55. The van der Waals surface area contributed by atoms with Crippen LogP contribution in [-0.2, 0) is 4.79 Å². The van der Waals surface area contributed by atoms with E-state index in [1.807, 2.05) is 0 Å². The van der Waals surface area contributed by atoms with E-state index in [0.29, 0.717) is 60.4 Å². The highest BCUT2D eigenvalue weighted by molar-refractivity contribution is 7.99. The lowest BCUT2D eigenvalue weighted by Gasteiger charge is -2.39. The second-order valence-electron chi connectivity index (χ2n) is 9.24. The number of carboxylic acids is 1. The van der Waals surface area contributed by atoms with E-state index in [2.05, 4.69) is 9.88 Å². The van der Waals surface area contributed by atoms with Crippen LogP contribution in [0, 0.1) is 17.0 Å². The van der Waals surface area contributed by atoms with Gasteiger partial charge >= 0.3 is 5.97 Å². The number of alkyl halides is 1. The smallest absolute Gasteiger partial charge is 0.309 e. The average molecular weight is 553 g/mol. The number of rotatable bonds is 10. The largest absolute Gasteiger partial charge is 0.497 e. The van der Waals surface area contributed by atoms with Gasteiger partial charge in [-0.15, -0.1) is 11.8 Å². The molecule has 1 atom stereocenters. The summed E-state index contributed by atoms with van der Waals surface area (Å²) in [7, 11) is 1.52. The molecule has 0 saturated carbocycles. The third-order valence-electron chi connectivity index (χ3n) is 7.11. The second kappa shape index (κ2) is 11.9. The van der Waals surface area contributed by atoms with Crippen molar-refractivity contribution in [2.75, 3.05) is 32.5 Å². The molecule has 10 heteroatoms. The zero-order valence-electron chi connectivity index (χ0n) is 20.4. The number of nitrogens with zero attached hydrogens (tertiary/aromatic N) is 2. The number of aliphatic carboxylic acids is 1. The van der Waals surface area contributed by atoms with Gasteiger partial charge in [-0.3, -0.25) is 9.78 Å². The summed E-state index contributed by atoms with van der Waals surface area (Å²) in [6.45, 7) is 1.68. The maximum Gasteiger partial charge on any atom is 0.309 e. The molecule has 5 nitrogen and oxygen atoms in total. The predicted octanol–water partition coefficient (Wildman–Crippen LogP) is 6.92. The molecule has 1 aliphatic rings. The number of carbonyl (C=O) groups is 1. The van der Waals surface area contributed by atoms with Crippen molar-refractivity contribution in [3.8, 4) is 5.75 Å². The minimum Gasteiger partial charge on any atom is -0.497 e. The summed E-state index contributed by atoms with van der Waals surface area (Å²) in [5, 5.41) is 10.8. The van der Waals surface area contributed by atoms with Crippen molar-refractivity contribution in [1.82, 2.24) is 9.88 Å². The molecule has 0 bridgehead atoms. The predicted molar refractivity (Wildman–Crippen MR) is 139 cm³/mol. The van der Waals surface area contributed by atoms with Crippen LogP contribution < -0.4 is 4.74 Å². The highest BCUT2D eigenvalue weighted by Gasteiger charge is 2.41. The summed E-state index contributed by atoms with van der Waals surface area (Å²) in [6, 6.07) is 9.25. The first-order chi connectivity index (χ1) is 17.7. The summed E-state index contributed by atoms with van der Waals surface area (Å²) in [6.07, 6.45) is 0.899. The Kier molecular flexibility index (Phi) is 8.87. The van der Waals surface area contributed by atoms with E-state index in [-0.39, 0.29) is 22.8 Å². The minimum absolute atomic E-state index is 0.0110. The van der Waals surface area contributed by atoms with E-state index in [9.17, 15) is 18.7 Å². The zero-order valence-corrected chi connectivity index (χ0v) is 21.9. The number of carboxylic acid groups (broad SMARTS) is 1. The van der Waals surface area contributed by atoms with Gasteiger partial charge in [0.2, 0.25) is 0 Å². The van der Waals surface area contributed by atoms with Crippen LogP contribution in [-0.4, -0.2) is 53.5 Å². The van der Waals surface area contributed by atoms with Crippen molar-refractivity contribution >= 4 is 40.2 Å². The van der Waals surface area contributed by atoms with Gasteiger partial charge in [-0.05, 0) is 69.1 Å². The van der Waals surface area contributed by atoms with Crippen molar-refractivity contribution in [2.24, 2.45) is 5.41 Å². The molecule has 0 unspecified atom stereocenters. The van der Waals surface area contributed by atoms with Crippen LogP contribution in [0.2, 0.25) is 5.02 Å². The van der Waals surface area contributed by atoms with E-state index in [1.165, 1.54) is 37.2 Å². The number of fused-ring (bicyclic) bond motifs is 1. The topological polar surface area (TPSA) is 62.7 Å². The van der Waals surface area contributed by atoms with Gasteiger partial charge in [-0.1, -0.05) is 17.7 Å². The number of halogens is 4. The molecule has 0 aliphatic carbocycles. The Labute approximate surface area is 223 Å². The number of hydrogen-bond acceptors (Lipinski definition) is 5. The maximum absolute atomic E-state index is 15.6. The molecule has 1 aromatic heterocycles. The number of hydrogen-bond donors (Lipinski definition) is 1. The normalized spacial score (nSPS) is 16.6. The third kappa shape index (κ3) is 6.16. The number of aromatic nitrogens is 1. The molecule has 0 amide bonds. The molecule has 1 fully saturated rings. The SMILES string of the molecule is COc1ccc2ncc(Cl)c([C@H](F)CCC3(C(=O)O)CCN(CCSc4cccc(F)c4F)CC3)c2c1. The van der Waals surface area contributed by atoms with Crippen LogP contribution >= 0.6 is 23.4 Å². The van der Waals surface area contributed by atoms with Crippen LogP contribution in [0.1, 0.15) is 37.4 Å². The lowest BCUT2D eigenvalue weighted by atomic mass is 9.74. The highest BCUT2D eigenvalue weighted by Crippen LogP contribution is 2.42. The van der Waals surface area contributed by atoms with Gasteiger partial charge in [0.25, 0.3) is 0 Å². The first kappa shape index (κ1) is 27.5. The summed E-state index contributed by atoms with van der Waals surface area (Å²) in [4.78, 5) is 18.9. The van der Waals surface area contributed by atoms with E-state index in [4.69, 9.17) is 16.3 Å². The van der Waals surface area contributed by atoms with Gasteiger partial charge in [0.1, 0.15) is 11.9 Å². The summed E-state index contributed by atoms with van der Waals surface area (Å²) >= 11 is 7.56. The lowest BCUT2D eigenvalue weighted by molar-refractivity contribution is -0.153. The number of ether oxygens (including phenoxy) is 1. The Morgan fingerprint density at radius 3 is 2.73 bits per heavy atom. The van der Waals surface area contributed by atoms with Crippen molar-refractivity contribution in [3.05, 3.63) is 64.8 Å². The average Bonchev–Trinajstić information content (AvgIpc) is 2.90. The van der Waals surface area contributed by atoms with Crippen molar-refractivity contribution in [1.29, 1.82) is 0 Å². The molecule has 4 rings (SSSR count). The van der Waals surface area contributed by atoms with Crippen molar-refractivity contribution in [2.45, 2.75) is 36.8 Å². The molecule has 0 spiro atoms. The summed E-state index contributed by atoms with van der Waals surface area (Å²) in [5.41, 5.74) is -0.152. The maximum atomic E-state index is 15.6. The Balaban J connectivity index is 1.37. The van der Waals surface area contributed by atoms with Gasteiger partial charge in [0.15, 0.2) is 11.6 Å². The molecule has 198 valence electrons. The third-order valence-corrected chi connectivity index (χ3v) is 8.42. The first-order valence-corrected chi connectivity index (χ1v) is 13.4. The Morgan fingerprint density at radius 2 is 2.03 bits per heavy atom. The Bertz CT molecular complexity index is 1270. The van der Waals surface area contributed by atoms with Crippen LogP contribution in [0.3, 0.4) is 0 Å². The molecule has 1 aliphatic heterocycles. The fourth-order valence-electron chi connectivity index (χ4n) is 4.82. The van der Waals surface area contributed by atoms with Crippen LogP contribution in [0.25, 0.3) is 10.9 Å². The molecular formula is C27H28ClF3N2O3S. The Hall–Kier alpha value is -2.49. The van der Waals surface area contributed by atoms with E-state index in [1.54, 1.807) is 18.2 Å². The lowest BCUT2D eigenvalue weighted by Crippen LogP contribution is -2.45. The Morgan fingerprint density at radius 1 is 1.27 bits per heavy atom. The molecule has 3 aromatic rings. The first-order valence-electron chi connectivity index (χ1n) is 12.0. The van der Waals surface area contributed by atoms with Crippen molar-refractivity contribution < 1.29 is 27.8 Å². The second-order valence-corrected chi connectivity index (χ2v) is 10.8. The summed E-state index contributed by atoms with van der Waals surface area (Å²) < 4.78 is 48.1. The minimum atomic E-state index is -1.46. The molecule has 1 saturated heterocycles. The van der Waals surface area contributed by atoms with Gasteiger partial charge in [0.05, 0.1) is 23.1 Å². The molecule has 0 radical (unpaired) electrons. The molecule has 2 heterocycles. The van der Waals surface area contributed by atoms with Gasteiger partial charge < -0.3 is 14.7 Å². The van der Waals surface area contributed by atoms with E-state index < -0.39 is 29.2 Å². The zero-order chi connectivity index (χ0) is 26.6. The fraction of sp³-hybridized carbons (Fsp3) is 0.407. The van der Waals surface area contributed by atoms with Gasteiger partial charge in [0, 0.05) is 34.3 Å². The molecule has 2 aromatic carbocycles. The quantitative estimate of drug-likeness (QED) is 0.275.